The van der Waals surface area contributed by atoms with Crippen LogP contribution in [-0.2, 0) is 24.9 Å². The number of aliphatic hydroxyl groups is 1. The summed E-state index contributed by atoms with van der Waals surface area (Å²) in [5, 5.41) is 13.2. The Labute approximate surface area is 256 Å². The summed E-state index contributed by atoms with van der Waals surface area (Å²) in [5.41, 5.74) is 8.85. The van der Waals surface area contributed by atoms with Crippen LogP contribution >= 0.6 is 0 Å². The summed E-state index contributed by atoms with van der Waals surface area (Å²) in [7, 11) is 0. The fourth-order valence-electron chi connectivity index (χ4n) is 5.97. The fraction of sp³-hybridized carbons (Fsp3) is 0.333. The average molecular weight is 725 g/mol. The van der Waals surface area contributed by atoms with Gasteiger partial charge in [0.15, 0.2) is 5.78 Å². The summed E-state index contributed by atoms with van der Waals surface area (Å²) in [6, 6.07) is 19.3. The Morgan fingerprint density at radius 2 is 1.71 bits per heavy atom. The van der Waals surface area contributed by atoms with E-state index in [1.54, 1.807) is 0 Å². The number of nitrogens with zero attached hydrogens (tertiary/aromatic N) is 1. The molecule has 41 heavy (non-hydrogen) atoms. The molecule has 1 N–H and O–H groups in total. The molecule has 0 saturated heterocycles. The van der Waals surface area contributed by atoms with Crippen molar-refractivity contribution in [1.82, 2.24) is 4.98 Å². The van der Waals surface area contributed by atoms with Crippen molar-refractivity contribution in [3.63, 3.8) is 0 Å². The van der Waals surface area contributed by atoms with Gasteiger partial charge in [-0.25, -0.2) is 0 Å². The van der Waals surface area contributed by atoms with Crippen LogP contribution in [-0.4, -0.2) is 15.9 Å². The number of aliphatic hydroxyl groups excluding tert-OH is 1. The third-order valence-electron chi connectivity index (χ3n) is 7.83. The number of carbonyl (C=O) groups excluding carboxylic acids is 1. The van der Waals surface area contributed by atoms with Gasteiger partial charge in [0, 0.05) is 37.8 Å². The van der Waals surface area contributed by atoms with E-state index in [-0.39, 0.29) is 31.6 Å². The number of fused-ring (bicyclic) bond motifs is 4. The predicted molar refractivity (Wildman–Crippen MR) is 165 cm³/mol. The number of pyridine rings is 1. The number of hydrogen-bond acceptors (Lipinski definition) is 4. The number of ketones is 1. The summed E-state index contributed by atoms with van der Waals surface area (Å²) in [4.78, 5) is 15.0. The molecule has 0 spiro atoms. The Hall–Kier alpha value is -3.27. The molecular weight excluding hydrogens is 687 g/mol. The number of furan rings is 1. The van der Waals surface area contributed by atoms with Crippen LogP contribution < -0.4 is 0 Å². The van der Waals surface area contributed by atoms with Crippen molar-refractivity contribution < 1.29 is 34.4 Å². The molecule has 4 nitrogen and oxygen atoms in total. The van der Waals surface area contributed by atoms with Crippen molar-refractivity contribution in [1.29, 1.82) is 0 Å². The molecule has 1 saturated carbocycles. The van der Waals surface area contributed by atoms with Crippen molar-refractivity contribution in [2.75, 3.05) is 0 Å². The van der Waals surface area contributed by atoms with Gasteiger partial charge in [0.25, 0.3) is 0 Å². The first-order chi connectivity index (χ1) is 19.1. The van der Waals surface area contributed by atoms with Crippen LogP contribution in [0.3, 0.4) is 0 Å². The second-order valence-corrected chi connectivity index (χ2v) is 11.6. The maximum atomic E-state index is 10.0. The third kappa shape index (κ3) is 6.47. The van der Waals surface area contributed by atoms with Gasteiger partial charge in [-0.1, -0.05) is 74.9 Å². The number of aryl methyl sites for hydroxylation is 2. The Kier molecular flexibility index (Phi) is 9.51. The zero-order valence-corrected chi connectivity index (χ0v) is 27.1. The Morgan fingerprint density at radius 1 is 1.00 bits per heavy atom. The van der Waals surface area contributed by atoms with Crippen LogP contribution in [0.1, 0.15) is 87.5 Å². The molecule has 6 rings (SSSR count). The smallest absolute Gasteiger partial charge is 0.155 e. The van der Waals surface area contributed by atoms with E-state index in [0.29, 0.717) is 11.8 Å². The van der Waals surface area contributed by atoms with Gasteiger partial charge < -0.3 is 14.5 Å². The molecule has 0 amide bonds. The van der Waals surface area contributed by atoms with E-state index in [1.807, 2.05) is 0 Å². The molecule has 2 heterocycles. The van der Waals surface area contributed by atoms with E-state index >= 15 is 0 Å². The summed E-state index contributed by atoms with van der Waals surface area (Å²) in [6.07, 6.45) is 8.57. The first-order valence-corrected chi connectivity index (χ1v) is 14.3. The first kappa shape index (κ1) is 30.7. The van der Waals surface area contributed by atoms with E-state index in [1.165, 1.54) is 73.1 Å². The Morgan fingerprint density at radius 3 is 2.34 bits per heavy atom. The fourth-order valence-corrected chi connectivity index (χ4v) is 5.97. The number of allylic oxidation sites excluding steroid dienone is 2. The molecule has 0 atom stereocenters. The summed E-state index contributed by atoms with van der Waals surface area (Å²) < 4.78 is 6.43. The molecule has 1 radical (unpaired) electrons. The Bertz CT molecular complexity index is 1750. The maximum Gasteiger partial charge on any atom is 0.155 e. The third-order valence-corrected chi connectivity index (χ3v) is 7.83. The maximum absolute atomic E-state index is 10.0. The second-order valence-electron chi connectivity index (χ2n) is 11.6. The van der Waals surface area contributed by atoms with Crippen molar-refractivity contribution in [2.45, 2.75) is 79.1 Å². The normalized spacial score (nSPS) is 14.0. The number of aromatic nitrogens is 1. The molecule has 0 unspecified atom stereocenters. The zero-order chi connectivity index (χ0) is 28.6. The molecule has 5 heteroatoms. The van der Waals surface area contributed by atoms with Crippen LogP contribution in [0, 0.1) is 19.9 Å². The van der Waals surface area contributed by atoms with Crippen LogP contribution in [0.25, 0.3) is 44.0 Å². The first-order valence-electron chi connectivity index (χ1n) is 14.3. The van der Waals surface area contributed by atoms with E-state index in [2.05, 4.69) is 82.4 Å². The van der Waals surface area contributed by atoms with Gasteiger partial charge in [-0.2, -0.15) is 0 Å². The SMILES string of the molecule is CC(=O)/C=C(/C)O.Cc1[c-]c(-c2ncc(C(C)C)c3cc(C4CCCC4)ccc23)c2oc3cc(C)ccc3c2c1.[Ir]. The molecule has 1 aliphatic carbocycles. The minimum atomic E-state index is -0.125. The molecule has 3 aromatic carbocycles. The summed E-state index contributed by atoms with van der Waals surface area (Å²) in [6.45, 7) is 11.6. The molecule has 2 aromatic heterocycles. The number of carbonyl (C=O) groups is 1. The van der Waals surface area contributed by atoms with E-state index in [4.69, 9.17) is 14.5 Å². The van der Waals surface area contributed by atoms with Gasteiger partial charge in [-0.3, -0.25) is 4.79 Å². The Balaban J connectivity index is 0.000000434. The van der Waals surface area contributed by atoms with Gasteiger partial charge in [0.2, 0.25) is 0 Å². The van der Waals surface area contributed by atoms with Gasteiger partial charge >= 0.3 is 0 Å². The van der Waals surface area contributed by atoms with E-state index in [9.17, 15) is 4.79 Å². The monoisotopic (exact) mass is 725 g/mol. The largest absolute Gasteiger partial charge is 0.512 e. The van der Waals surface area contributed by atoms with Crippen LogP contribution in [0.15, 0.2) is 64.9 Å². The second kappa shape index (κ2) is 12.7. The average Bonchev–Trinajstić information content (AvgIpc) is 3.55. The molecule has 0 aliphatic heterocycles. The van der Waals surface area contributed by atoms with E-state index < -0.39 is 0 Å². The molecular formula is C36H38IrNO3-. The van der Waals surface area contributed by atoms with Crippen molar-refractivity contribution in [3.05, 3.63) is 88.8 Å². The van der Waals surface area contributed by atoms with E-state index in [0.717, 1.165) is 38.8 Å². The van der Waals surface area contributed by atoms with Crippen LogP contribution in [0.5, 0.6) is 0 Å². The minimum absolute atomic E-state index is 0. The molecule has 215 valence electrons. The van der Waals surface area contributed by atoms with Gasteiger partial charge in [-0.15, -0.1) is 17.7 Å². The van der Waals surface area contributed by atoms with Crippen molar-refractivity contribution in [3.8, 4) is 11.3 Å². The van der Waals surface area contributed by atoms with Gasteiger partial charge in [0.1, 0.15) is 5.58 Å². The van der Waals surface area contributed by atoms with Gasteiger partial charge in [0.05, 0.1) is 11.3 Å². The topological polar surface area (TPSA) is 63.3 Å². The zero-order valence-electron chi connectivity index (χ0n) is 24.7. The molecule has 0 bridgehead atoms. The number of benzene rings is 3. The molecule has 1 aliphatic rings. The summed E-state index contributed by atoms with van der Waals surface area (Å²) >= 11 is 0. The van der Waals surface area contributed by atoms with Gasteiger partial charge in [-0.05, 0) is 84.7 Å². The minimum Gasteiger partial charge on any atom is -0.512 e. The molecule has 1 fully saturated rings. The standard InChI is InChI=1S/C31H30NO.C5H8O2.Ir/c1-18(2)28-17-32-30(24-12-10-22(16-25(24)28)21-7-5-6-8-21)27-14-20(4)13-26-23-11-9-19(3)15-29(23)33-31(26)27;1-4(6)3-5(2)7;/h9-13,15-18,21H,5-8H2,1-4H3;3,6H,1-2H3;/q-1;;/b;4-3-;. The number of hydrogen-bond donors (Lipinski definition) is 1. The predicted octanol–water partition coefficient (Wildman–Crippen LogP) is 10.0. The molecule has 5 aromatic rings. The van der Waals surface area contributed by atoms with Crippen LogP contribution in [0.2, 0.25) is 0 Å². The van der Waals surface area contributed by atoms with Crippen molar-refractivity contribution >= 4 is 38.5 Å². The quantitative estimate of drug-likeness (QED) is 0.114. The van der Waals surface area contributed by atoms with Crippen molar-refractivity contribution in [2.24, 2.45) is 0 Å². The van der Waals surface area contributed by atoms with Crippen LogP contribution in [0.4, 0.5) is 0 Å². The summed E-state index contributed by atoms with van der Waals surface area (Å²) in [5.74, 6) is 1.05. The number of rotatable bonds is 4.